The smallest absolute Gasteiger partial charge is 0.0590 e. The zero-order chi connectivity index (χ0) is 9.80. The van der Waals surface area contributed by atoms with Gasteiger partial charge in [-0.1, -0.05) is 12.8 Å². The molecule has 82 valence electrons. The Hall–Kier alpha value is -0.120. The molecular formula is C11H22N2O. The van der Waals surface area contributed by atoms with Gasteiger partial charge in [0.2, 0.25) is 0 Å². The molecule has 2 atom stereocenters. The average molecular weight is 198 g/mol. The van der Waals surface area contributed by atoms with Crippen LogP contribution in [0.2, 0.25) is 0 Å². The largest absolute Gasteiger partial charge is 0.378 e. The monoisotopic (exact) mass is 198 g/mol. The molecule has 3 nitrogen and oxygen atoms in total. The molecule has 14 heavy (non-hydrogen) atoms. The summed E-state index contributed by atoms with van der Waals surface area (Å²) in [5, 5.41) is 0. The van der Waals surface area contributed by atoms with Crippen molar-refractivity contribution in [3.8, 4) is 0 Å². The fourth-order valence-corrected chi connectivity index (χ4v) is 2.30. The van der Waals surface area contributed by atoms with Gasteiger partial charge in [-0.2, -0.15) is 0 Å². The Morgan fingerprint density at radius 1 is 1.21 bits per heavy atom. The summed E-state index contributed by atoms with van der Waals surface area (Å²) >= 11 is 0. The Kier molecular flexibility index (Phi) is 3.79. The molecule has 0 bridgehead atoms. The molecule has 2 rings (SSSR count). The fourth-order valence-electron chi connectivity index (χ4n) is 2.30. The van der Waals surface area contributed by atoms with Crippen molar-refractivity contribution in [2.24, 2.45) is 11.8 Å². The van der Waals surface area contributed by atoms with Gasteiger partial charge in [-0.3, -0.25) is 11.3 Å². The molecule has 3 N–H and O–H groups in total. The van der Waals surface area contributed by atoms with Crippen LogP contribution in [0.25, 0.3) is 0 Å². The minimum absolute atomic E-state index is 0.462. The van der Waals surface area contributed by atoms with Crippen LogP contribution in [-0.4, -0.2) is 18.8 Å². The first-order valence-corrected chi connectivity index (χ1v) is 5.96. The quantitative estimate of drug-likeness (QED) is 0.521. The van der Waals surface area contributed by atoms with E-state index >= 15 is 0 Å². The molecule has 1 aliphatic carbocycles. The van der Waals surface area contributed by atoms with Gasteiger partial charge in [0.05, 0.1) is 6.10 Å². The van der Waals surface area contributed by atoms with Crippen LogP contribution in [0.3, 0.4) is 0 Å². The summed E-state index contributed by atoms with van der Waals surface area (Å²) < 4.78 is 5.72. The van der Waals surface area contributed by atoms with E-state index in [4.69, 9.17) is 10.6 Å². The molecule has 0 aromatic heterocycles. The molecule has 1 aliphatic heterocycles. The Morgan fingerprint density at radius 2 is 2.07 bits per heavy atom. The van der Waals surface area contributed by atoms with E-state index in [9.17, 15) is 0 Å². The SMILES string of the molecule is NNC(CC1CC1)CC1CCCCO1. The summed E-state index contributed by atoms with van der Waals surface area (Å²) in [6, 6.07) is 0.477. The number of ether oxygens (including phenoxy) is 1. The first-order chi connectivity index (χ1) is 6.88. The molecule has 0 aromatic rings. The number of rotatable bonds is 5. The molecule has 0 aromatic carbocycles. The summed E-state index contributed by atoms with van der Waals surface area (Å²) in [6.45, 7) is 0.950. The van der Waals surface area contributed by atoms with E-state index in [0.717, 1.165) is 18.9 Å². The molecule has 0 spiro atoms. The van der Waals surface area contributed by atoms with E-state index in [-0.39, 0.29) is 0 Å². The second-order valence-electron chi connectivity index (χ2n) is 4.77. The van der Waals surface area contributed by atoms with Crippen molar-refractivity contribution in [2.75, 3.05) is 6.61 Å². The zero-order valence-electron chi connectivity index (χ0n) is 8.87. The second kappa shape index (κ2) is 5.10. The molecular weight excluding hydrogens is 176 g/mol. The van der Waals surface area contributed by atoms with Crippen molar-refractivity contribution >= 4 is 0 Å². The van der Waals surface area contributed by atoms with Crippen LogP contribution in [0, 0.1) is 5.92 Å². The maximum Gasteiger partial charge on any atom is 0.0590 e. The zero-order valence-corrected chi connectivity index (χ0v) is 8.87. The molecule has 1 saturated carbocycles. The maximum absolute atomic E-state index is 5.72. The lowest BCUT2D eigenvalue weighted by Gasteiger charge is -2.26. The van der Waals surface area contributed by atoms with Gasteiger partial charge in [0.25, 0.3) is 0 Å². The van der Waals surface area contributed by atoms with Gasteiger partial charge in [0.1, 0.15) is 0 Å². The van der Waals surface area contributed by atoms with Crippen molar-refractivity contribution in [1.29, 1.82) is 0 Å². The van der Waals surface area contributed by atoms with Gasteiger partial charge >= 0.3 is 0 Å². The fraction of sp³-hybridized carbons (Fsp3) is 1.00. The van der Waals surface area contributed by atoms with E-state index in [0.29, 0.717) is 12.1 Å². The number of nitrogens with two attached hydrogens (primary N) is 1. The summed E-state index contributed by atoms with van der Waals surface area (Å²) in [5.41, 5.74) is 2.94. The Bertz CT molecular complexity index is 165. The normalized spacial score (nSPS) is 30.2. The third-order valence-electron chi connectivity index (χ3n) is 3.37. The third-order valence-corrected chi connectivity index (χ3v) is 3.37. The Morgan fingerprint density at radius 3 is 2.64 bits per heavy atom. The molecule has 0 amide bonds. The van der Waals surface area contributed by atoms with Gasteiger partial charge in [-0.15, -0.1) is 0 Å². The van der Waals surface area contributed by atoms with Crippen molar-refractivity contribution in [3.05, 3.63) is 0 Å². The lowest BCUT2D eigenvalue weighted by molar-refractivity contribution is 0.00437. The topological polar surface area (TPSA) is 47.3 Å². The van der Waals surface area contributed by atoms with Crippen LogP contribution in [0.4, 0.5) is 0 Å². The average Bonchev–Trinajstić information content (AvgIpc) is 3.02. The lowest BCUT2D eigenvalue weighted by atomic mass is 9.99. The Labute approximate surface area is 86.4 Å². The van der Waals surface area contributed by atoms with Crippen LogP contribution in [0.15, 0.2) is 0 Å². The molecule has 3 heteroatoms. The van der Waals surface area contributed by atoms with E-state index in [1.165, 1.54) is 38.5 Å². The second-order valence-corrected chi connectivity index (χ2v) is 4.77. The van der Waals surface area contributed by atoms with Gasteiger partial charge in [-0.05, 0) is 38.0 Å². The molecule has 2 fully saturated rings. The highest BCUT2D eigenvalue weighted by Gasteiger charge is 2.27. The Balaban J connectivity index is 1.68. The highest BCUT2D eigenvalue weighted by molar-refractivity contribution is 4.81. The number of nitrogens with one attached hydrogen (secondary N) is 1. The van der Waals surface area contributed by atoms with E-state index in [1.807, 2.05) is 0 Å². The van der Waals surface area contributed by atoms with E-state index in [1.54, 1.807) is 0 Å². The third kappa shape index (κ3) is 3.23. The highest BCUT2D eigenvalue weighted by Crippen LogP contribution is 2.34. The van der Waals surface area contributed by atoms with Gasteiger partial charge in [-0.25, -0.2) is 0 Å². The van der Waals surface area contributed by atoms with E-state index in [2.05, 4.69) is 5.43 Å². The minimum atomic E-state index is 0.462. The van der Waals surface area contributed by atoms with Crippen LogP contribution in [0.1, 0.15) is 44.9 Å². The summed E-state index contributed by atoms with van der Waals surface area (Å²) in [7, 11) is 0. The highest BCUT2D eigenvalue weighted by atomic mass is 16.5. The van der Waals surface area contributed by atoms with Crippen LogP contribution in [0.5, 0.6) is 0 Å². The van der Waals surface area contributed by atoms with Crippen LogP contribution < -0.4 is 11.3 Å². The predicted molar refractivity (Wildman–Crippen MR) is 56.7 cm³/mol. The summed E-state index contributed by atoms with van der Waals surface area (Å²) in [6.07, 6.45) is 9.41. The number of hydrogen-bond acceptors (Lipinski definition) is 3. The van der Waals surface area contributed by atoms with Crippen LogP contribution >= 0.6 is 0 Å². The molecule has 1 saturated heterocycles. The van der Waals surface area contributed by atoms with Crippen LogP contribution in [-0.2, 0) is 4.74 Å². The van der Waals surface area contributed by atoms with Gasteiger partial charge < -0.3 is 4.74 Å². The molecule has 1 heterocycles. The minimum Gasteiger partial charge on any atom is -0.378 e. The molecule has 0 radical (unpaired) electrons. The van der Waals surface area contributed by atoms with E-state index < -0.39 is 0 Å². The first kappa shape index (κ1) is 10.4. The van der Waals surface area contributed by atoms with Gasteiger partial charge in [0, 0.05) is 12.6 Å². The summed E-state index contributed by atoms with van der Waals surface area (Å²) in [5.74, 6) is 6.50. The maximum atomic E-state index is 5.72. The first-order valence-electron chi connectivity index (χ1n) is 5.96. The van der Waals surface area contributed by atoms with Crippen molar-refractivity contribution in [3.63, 3.8) is 0 Å². The van der Waals surface area contributed by atoms with Crippen molar-refractivity contribution in [2.45, 2.75) is 57.1 Å². The van der Waals surface area contributed by atoms with Gasteiger partial charge in [0.15, 0.2) is 0 Å². The van der Waals surface area contributed by atoms with Crippen molar-refractivity contribution in [1.82, 2.24) is 5.43 Å². The van der Waals surface area contributed by atoms with Crippen molar-refractivity contribution < 1.29 is 4.74 Å². The molecule has 2 aliphatic rings. The lowest BCUT2D eigenvalue weighted by Crippen LogP contribution is -2.39. The predicted octanol–water partition coefficient (Wildman–Crippen LogP) is 1.58. The number of hydrogen-bond donors (Lipinski definition) is 2. The summed E-state index contributed by atoms with van der Waals surface area (Å²) in [4.78, 5) is 0. The molecule has 2 unspecified atom stereocenters. The standard InChI is InChI=1S/C11H22N2O/c12-13-10(7-9-4-5-9)8-11-3-1-2-6-14-11/h9-11,13H,1-8,12H2. The number of hydrazine groups is 1.